The van der Waals surface area contributed by atoms with Crippen molar-refractivity contribution in [3.8, 4) is 11.2 Å². The van der Waals surface area contributed by atoms with Gasteiger partial charge in [-0.2, -0.15) is 15.1 Å². The minimum atomic E-state index is -4.10. The van der Waals surface area contributed by atoms with Crippen LogP contribution in [0.25, 0.3) is 16.0 Å². The van der Waals surface area contributed by atoms with Crippen LogP contribution in [0.3, 0.4) is 0 Å². The molecule has 2 fully saturated rings. The number of halogens is 2. The summed E-state index contributed by atoms with van der Waals surface area (Å²) < 4.78 is 56.6. The number of piperazine rings is 1. The van der Waals surface area contributed by atoms with Gasteiger partial charge in [0, 0.05) is 51.3 Å². The van der Waals surface area contributed by atoms with E-state index < -0.39 is 27.0 Å². The highest BCUT2D eigenvalue weighted by Crippen LogP contribution is 2.38. The van der Waals surface area contributed by atoms with Crippen LogP contribution in [0.5, 0.6) is 0 Å². The van der Waals surface area contributed by atoms with Crippen molar-refractivity contribution < 1.29 is 22.0 Å². The summed E-state index contributed by atoms with van der Waals surface area (Å²) in [5.74, 6) is 0. The molecule has 0 atom stereocenters. The van der Waals surface area contributed by atoms with E-state index >= 15 is 0 Å². The smallest absolute Gasteiger partial charge is 0.319 e. The number of amides is 2. The third-order valence-electron chi connectivity index (χ3n) is 6.32. The number of urea groups is 1. The number of carbonyl (C=O) groups excluding carboxylic acids is 1. The number of carbonyl (C=O) groups is 1. The fourth-order valence-electron chi connectivity index (χ4n) is 4.15. The van der Waals surface area contributed by atoms with Crippen LogP contribution in [-0.4, -0.2) is 90.0 Å². The van der Waals surface area contributed by atoms with Crippen molar-refractivity contribution in [1.82, 2.24) is 34.5 Å². The molecule has 0 unspecified atom stereocenters. The molecule has 0 radical (unpaired) electrons. The second kappa shape index (κ2) is 9.15. The zero-order valence-corrected chi connectivity index (χ0v) is 21.6. The topological polar surface area (TPSA) is 140 Å². The molecule has 16 heteroatoms. The first kappa shape index (κ1) is 25.2. The van der Waals surface area contributed by atoms with E-state index in [0.717, 1.165) is 0 Å². The van der Waals surface area contributed by atoms with E-state index in [1.165, 1.54) is 27.9 Å². The van der Waals surface area contributed by atoms with Crippen molar-refractivity contribution in [2.75, 3.05) is 45.2 Å². The summed E-state index contributed by atoms with van der Waals surface area (Å²) in [5.41, 5.74) is -0.234. The SMILES string of the molecule is CN(C)C(=O)N1CCN(c2cc(S(=O)(=O)NC3(C#N)CC3)cc3c2cnn3-c2nnc(C(F)F)s2)CC1. The number of alkyl halides is 2. The Morgan fingerprint density at radius 1 is 1.22 bits per heavy atom. The largest absolute Gasteiger partial charge is 0.367 e. The Kier molecular flexibility index (Phi) is 6.24. The molecule has 0 spiro atoms. The van der Waals surface area contributed by atoms with E-state index in [-0.39, 0.29) is 16.1 Å². The maximum atomic E-state index is 13.3. The third kappa shape index (κ3) is 4.69. The van der Waals surface area contributed by atoms with Gasteiger partial charge in [0.2, 0.25) is 15.2 Å². The zero-order chi connectivity index (χ0) is 26.5. The summed E-state index contributed by atoms with van der Waals surface area (Å²) in [6, 6.07) is 4.80. The summed E-state index contributed by atoms with van der Waals surface area (Å²) in [7, 11) is -0.754. The molecule has 1 N–H and O–H groups in total. The Bertz CT molecular complexity index is 1500. The Hall–Kier alpha value is -3.42. The van der Waals surface area contributed by atoms with E-state index in [0.29, 0.717) is 66.9 Å². The van der Waals surface area contributed by atoms with Crippen LogP contribution in [0.15, 0.2) is 23.2 Å². The predicted octanol–water partition coefficient (Wildman–Crippen LogP) is 1.95. The number of fused-ring (bicyclic) bond motifs is 1. The first-order valence-electron chi connectivity index (χ1n) is 11.3. The van der Waals surface area contributed by atoms with Crippen LogP contribution >= 0.6 is 11.3 Å². The quantitative estimate of drug-likeness (QED) is 0.490. The monoisotopic (exact) mass is 551 g/mol. The standard InChI is InChI=1S/C21H23F2N9O3S2/c1-29(2)20(33)31-7-5-30(6-8-31)15-9-13(37(34,35)28-21(12-24)3-4-21)10-16-14(15)11-25-32(16)19-27-26-18(36-19)17(22)23/h9-11,17,28H,3-8H2,1-2H3. The number of nitriles is 1. The molecular formula is C21H23F2N9O3S2. The maximum Gasteiger partial charge on any atom is 0.319 e. The Labute approximate surface area is 215 Å². The fraction of sp³-hybridized carbons (Fsp3) is 0.476. The second-order valence-corrected chi connectivity index (χ2v) is 11.8. The average Bonchev–Trinajstić information content (AvgIpc) is 3.26. The third-order valence-corrected chi connectivity index (χ3v) is 8.74. The second-order valence-electron chi connectivity index (χ2n) is 9.11. The van der Waals surface area contributed by atoms with Crippen molar-refractivity contribution in [3.63, 3.8) is 0 Å². The van der Waals surface area contributed by atoms with Gasteiger partial charge in [-0.3, -0.25) is 0 Å². The van der Waals surface area contributed by atoms with Crippen LogP contribution in [0.1, 0.15) is 24.3 Å². The molecule has 1 aliphatic carbocycles. The number of sulfonamides is 1. The number of hydrogen-bond acceptors (Lipinski definition) is 9. The summed E-state index contributed by atoms with van der Waals surface area (Å²) in [6.45, 7) is 1.72. The van der Waals surface area contributed by atoms with Crippen molar-refractivity contribution in [2.45, 2.75) is 29.7 Å². The molecule has 3 heterocycles. The van der Waals surface area contributed by atoms with Gasteiger partial charge in [-0.25, -0.2) is 26.7 Å². The van der Waals surface area contributed by atoms with Gasteiger partial charge < -0.3 is 14.7 Å². The minimum Gasteiger partial charge on any atom is -0.367 e. The van der Waals surface area contributed by atoms with Crippen molar-refractivity contribution in [3.05, 3.63) is 23.3 Å². The van der Waals surface area contributed by atoms with Gasteiger partial charge in [0.05, 0.1) is 22.7 Å². The van der Waals surface area contributed by atoms with Gasteiger partial charge in [0.25, 0.3) is 6.43 Å². The van der Waals surface area contributed by atoms with E-state index in [9.17, 15) is 27.3 Å². The number of rotatable bonds is 6. The molecule has 2 aromatic heterocycles. The van der Waals surface area contributed by atoms with E-state index in [1.807, 2.05) is 11.0 Å². The molecule has 12 nitrogen and oxygen atoms in total. The van der Waals surface area contributed by atoms with Gasteiger partial charge in [-0.1, -0.05) is 11.3 Å². The van der Waals surface area contributed by atoms with Crippen molar-refractivity contribution in [2.24, 2.45) is 0 Å². The molecule has 1 saturated carbocycles. The predicted molar refractivity (Wildman–Crippen MR) is 130 cm³/mol. The lowest BCUT2D eigenvalue weighted by molar-refractivity contribution is 0.150. The van der Waals surface area contributed by atoms with Gasteiger partial charge in [-0.15, -0.1) is 10.2 Å². The summed E-state index contributed by atoms with van der Waals surface area (Å²) in [4.78, 5) is 17.4. The Morgan fingerprint density at radius 3 is 2.49 bits per heavy atom. The molecule has 1 aromatic carbocycles. The highest BCUT2D eigenvalue weighted by Gasteiger charge is 2.47. The summed E-state index contributed by atoms with van der Waals surface area (Å²) >= 11 is 0.656. The van der Waals surface area contributed by atoms with Crippen molar-refractivity contribution in [1.29, 1.82) is 5.26 Å². The molecule has 2 aliphatic rings. The van der Waals surface area contributed by atoms with Crippen LogP contribution in [0.4, 0.5) is 19.3 Å². The lowest BCUT2D eigenvalue weighted by Crippen LogP contribution is -2.51. The van der Waals surface area contributed by atoms with E-state index in [4.69, 9.17) is 0 Å². The van der Waals surface area contributed by atoms with Crippen LogP contribution in [0, 0.1) is 11.3 Å². The Morgan fingerprint density at radius 2 is 1.92 bits per heavy atom. The first-order chi connectivity index (χ1) is 17.5. The lowest BCUT2D eigenvalue weighted by Gasteiger charge is -2.37. The molecule has 2 amide bonds. The number of anilines is 1. The van der Waals surface area contributed by atoms with Gasteiger partial charge in [0.1, 0.15) is 5.54 Å². The number of nitrogens with zero attached hydrogens (tertiary/aromatic N) is 8. The minimum absolute atomic E-state index is 0.0656. The van der Waals surface area contributed by atoms with Gasteiger partial charge in [-0.05, 0) is 25.0 Å². The van der Waals surface area contributed by atoms with Crippen LogP contribution in [0.2, 0.25) is 0 Å². The highest BCUT2D eigenvalue weighted by molar-refractivity contribution is 7.89. The molecule has 196 valence electrons. The van der Waals surface area contributed by atoms with Gasteiger partial charge in [0.15, 0.2) is 5.01 Å². The Balaban J connectivity index is 1.57. The van der Waals surface area contributed by atoms with Crippen LogP contribution < -0.4 is 9.62 Å². The highest BCUT2D eigenvalue weighted by atomic mass is 32.2. The normalized spacial score (nSPS) is 17.3. The lowest BCUT2D eigenvalue weighted by atomic mass is 10.1. The first-order valence-corrected chi connectivity index (χ1v) is 13.6. The molecule has 0 bridgehead atoms. The maximum absolute atomic E-state index is 13.3. The number of benzene rings is 1. The molecular weight excluding hydrogens is 528 g/mol. The molecule has 1 aliphatic heterocycles. The van der Waals surface area contributed by atoms with Crippen LogP contribution in [-0.2, 0) is 10.0 Å². The molecule has 3 aromatic rings. The van der Waals surface area contributed by atoms with Gasteiger partial charge >= 0.3 is 6.03 Å². The number of nitrogens with one attached hydrogen (secondary N) is 1. The molecule has 1 saturated heterocycles. The van der Waals surface area contributed by atoms with E-state index in [1.54, 1.807) is 19.0 Å². The van der Waals surface area contributed by atoms with E-state index in [2.05, 4.69) is 20.0 Å². The average molecular weight is 552 g/mol. The summed E-state index contributed by atoms with van der Waals surface area (Å²) in [5, 5.41) is 21.2. The number of aromatic nitrogens is 4. The molecule has 5 rings (SSSR count). The van der Waals surface area contributed by atoms with Crippen molar-refractivity contribution >= 4 is 44.0 Å². The fourth-order valence-corrected chi connectivity index (χ4v) is 6.24. The summed E-state index contributed by atoms with van der Waals surface area (Å²) in [6.07, 6.45) is -0.449. The molecule has 37 heavy (non-hydrogen) atoms. The number of hydrogen-bond donors (Lipinski definition) is 1. The zero-order valence-electron chi connectivity index (χ0n) is 19.9.